The van der Waals surface area contributed by atoms with Gasteiger partial charge >= 0.3 is 0 Å². The fourth-order valence-electron chi connectivity index (χ4n) is 1.35. The largest absolute Gasteiger partial charge is 0.205 e. The summed E-state index contributed by atoms with van der Waals surface area (Å²) in [6.45, 7) is 4.00. The zero-order valence-electron chi connectivity index (χ0n) is 8.80. The molecule has 0 aliphatic heterocycles. The van der Waals surface area contributed by atoms with Gasteiger partial charge < -0.3 is 0 Å². The Morgan fingerprint density at radius 1 is 1.47 bits per heavy atom. The van der Waals surface area contributed by atoms with Crippen molar-refractivity contribution < 1.29 is 4.39 Å². The van der Waals surface area contributed by atoms with E-state index in [-0.39, 0.29) is 10.9 Å². The lowest BCUT2D eigenvalue weighted by atomic mass is 9.91. The molecule has 15 heavy (non-hydrogen) atoms. The van der Waals surface area contributed by atoms with E-state index in [0.717, 1.165) is 5.56 Å². The Hall–Kier alpha value is -1.07. The zero-order valence-corrected chi connectivity index (χ0v) is 9.55. The summed E-state index contributed by atoms with van der Waals surface area (Å²) in [6, 6.07) is 6.85. The van der Waals surface area contributed by atoms with Crippen molar-refractivity contribution in [2.75, 3.05) is 0 Å². The molecule has 0 N–H and O–H groups in total. The molecule has 1 unspecified atom stereocenters. The van der Waals surface area contributed by atoms with Crippen molar-refractivity contribution in [1.82, 2.24) is 0 Å². The summed E-state index contributed by atoms with van der Waals surface area (Å²) in [5.74, 6) is -0.177. The van der Waals surface area contributed by atoms with Gasteiger partial charge in [0.05, 0.1) is 17.0 Å². The fourth-order valence-corrected chi connectivity index (χ4v) is 1.55. The van der Waals surface area contributed by atoms with Crippen LogP contribution in [-0.4, -0.2) is 0 Å². The highest BCUT2D eigenvalue weighted by molar-refractivity contribution is 6.30. The minimum absolute atomic E-state index is 0.0495. The van der Waals surface area contributed by atoms with Crippen LogP contribution >= 0.6 is 11.6 Å². The first-order valence-corrected chi connectivity index (χ1v) is 5.26. The fraction of sp³-hybridized carbons (Fsp3) is 0.417. The molecule has 0 aliphatic carbocycles. The Morgan fingerprint density at radius 2 is 2.13 bits per heavy atom. The van der Waals surface area contributed by atoms with Gasteiger partial charge in [-0.15, -0.1) is 0 Å². The number of hydrogen-bond donors (Lipinski definition) is 0. The third-order valence-electron chi connectivity index (χ3n) is 2.41. The van der Waals surface area contributed by atoms with Gasteiger partial charge in [0.15, 0.2) is 0 Å². The Balaban J connectivity index is 2.81. The van der Waals surface area contributed by atoms with Crippen molar-refractivity contribution in [3.63, 3.8) is 0 Å². The van der Waals surface area contributed by atoms with Gasteiger partial charge in [-0.2, -0.15) is 5.26 Å². The second-order valence-electron chi connectivity index (χ2n) is 3.93. The third kappa shape index (κ3) is 3.21. The van der Waals surface area contributed by atoms with Gasteiger partial charge in [-0.05, 0) is 30.0 Å². The first kappa shape index (κ1) is 12.0. The zero-order chi connectivity index (χ0) is 11.4. The van der Waals surface area contributed by atoms with Crippen LogP contribution < -0.4 is 0 Å². The van der Waals surface area contributed by atoms with Crippen molar-refractivity contribution in [1.29, 1.82) is 5.26 Å². The summed E-state index contributed by atoms with van der Waals surface area (Å²) in [5, 5.41) is 9.04. The van der Waals surface area contributed by atoms with Crippen LogP contribution in [-0.2, 0) is 6.42 Å². The number of hydrogen-bond acceptors (Lipinski definition) is 1. The van der Waals surface area contributed by atoms with E-state index in [1.54, 1.807) is 12.1 Å². The van der Waals surface area contributed by atoms with Crippen LogP contribution in [0.5, 0.6) is 0 Å². The standard InChI is InChI=1S/C12H13ClFN/c1-8(2)10(7-15)5-9-3-4-12(14)11(13)6-9/h3-4,6,8,10H,5H2,1-2H3. The molecule has 1 aromatic rings. The Kier molecular flexibility index (Phi) is 4.11. The average Bonchev–Trinajstić information content (AvgIpc) is 2.19. The predicted molar refractivity (Wildman–Crippen MR) is 59.1 cm³/mol. The van der Waals surface area contributed by atoms with Crippen molar-refractivity contribution in [3.05, 3.63) is 34.6 Å². The molecule has 0 amide bonds. The van der Waals surface area contributed by atoms with Gasteiger partial charge in [0, 0.05) is 0 Å². The maximum Gasteiger partial charge on any atom is 0.141 e. The van der Waals surface area contributed by atoms with Crippen LogP contribution in [0.3, 0.4) is 0 Å². The summed E-state index contributed by atoms with van der Waals surface area (Å²) in [4.78, 5) is 0. The normalized spacial score (nSPS) is 12.5. The maximum atomic E-state index is 12.9. The predicted octanol–water partition coefficient (Wildman–Crippen LogP) is 3.82. The highest BCUT2D eigenvalue weighted by Gasteiger charge is 2.13. The van der Waals surface area contributed by atoms with Gasteiger partial charge in [0.1, 0.15) is 5.82 Å². The van der Waals surface area contributed by atoms with Gasteiger partial charge in [-0.1, -0.05) is 31.5 Å². The highest BCUT2D eigenvalue weighted by atomic mass is 35.5. The molecule has 1 nitrogen and oxygen atoms in total. The molecule has 0 aliphatic rings. The molecule has 0 saturated heterocycles. The minimum Gasteiger partial charge on any atom is -0.205 e. The summed E-state index contributed by atoms with van der Waals surface area (Å²) >= 11 is 5.66. The molecule has 0 fully saturated rings. The molecular formula is C12H13ClFN. The van der Waals surface area contributed by atoms with E-state index < -0.39 is 5.82 Å². The molecule has 0 heterocycles. The molecule has 1 rings (SSSR count). The molecule has 0 bridgehead atoms. The lowest BCUT2D eigenvalue weighted by Crippen LogP contribution is -2.09. The summed E-state index contributed by atoms with van der Waals surface area (Å²) in [5.41, 5.74) is 0.904. The Labute approximate surface area is 94.5 Å². The lowest BCUT2D eigenvalue weighted by molar-refractivity contribution is 0.473. The quantitative estimate of drug-likeness (QED) is 0.767. The molecule has 0 spiro atoms. The topological polar surface area (TPSA) is 23.8 Å². The first-order valence-electron chi connectivity index (χ1n) is 4.88. The van der Waals surface area contributed by atoms with E-state index in [9.17, 15) is 4.39 Å². The minimum atomic E-state index is -0.418. The van der Waals surface area contributed by atoms with E-state index in [0.29, 0.717) is 12.3 Å². The first-order chi connectivity index (χ1) is 7.04. The van der Waals surface area contributed by atoms with Crippen LogP contribution in [0.25, 0.3) is 0 Å². The lowest BCUT2D eigenvalue weighted by Gasteiger charge is -2.12. The Bertz CT molecular complexity index is 382. The van der Waals surface area contributed by atoms with Crippen molar-refractivity contribution in [2.45, 2.75) is 20.3 Å². The number of benzene rings is 1. The second kappa shape index (κ2) is 5.14. The summed E-state index contributed by atoms with van der Waals surface area (Å²) in [6.07, 6.45) is 0.619. The van der Waals surface area contributed by atoms with Crippen LogP contribution in [0, 0.1) is 29.0 Å². The molecule has 80 valence electrons. The Morgan fingerprint density at radius 3 is 2.60 bits per heavy atom. The van der Waals surface area contributed by atoms with E-state index in [2.05, 4.69) is 6.07 Å². The number of nitriles is 1. The van der Waals surface area contributed by atoms with E-state index in [4.69, 9.17) is 16.9 Å². The van der Waals surface area contributed by atoms with E-state index in [1.165, 1.54) is 6.07 Å². The number of nitrogens with zero attached hydrogens (tertiary/aromatic N) is 1. The van der Waals surface area contributed by atoms with E-state index >= 15 is 0 Å². The molecule has 0 saturated carbocycles. The smallest absolute Gasteiger partial charge is 0.141 e. The molecule has 1 atom stereocenters. The van der Waals surface area contributed by atoms with Crippen molar-refractivity contribution in [2.24, 2.45) is 11.8 Å². The van der Waals surface area contributed by atoms with Gasteiger partial charge in [-0.25, -0.2) is 4.39 Å². The molecule has 1 aromatic carbocycles. The number of rotatable bonds is 3. The van der Waals surface area contributed by atoms with Crippen molar-refractivity contribution >= 4 is 11.6 Å². The summed E-state index contributed by atoms with van der Waals surface area (Å²) in [7, 11) is 0. The monoisotopic (exact) mass is 225 g/mol. The molecule has 0 aromatic heterocycles. The maximum absolute atomic E-state index is 12.9. The molecular weight excluding hydrogens is 213 g/mol. The second-order valence-corrected chi connectivity index (χ2v) is 4.34. The van der Waals surface area contributed by atoms with Gasteiger partial charge in [0.2, 0.25) is 0 Å². The van der Waals surface area contributed by atoms with Crippen LogP contribution in [0.4, 0.5) is 4.39 Å². The average molecular weight is 226 g/mol. The third-order valence-corrected chi connectivity index (χ3v) is 2.70. The van der Waals surface area contributed by atoms with Crippen LogP contribution in [0.1, 0.15) is 19.4 Å². The van der Waals surface area contributed by atoms with E-state index in [1.807, 2.05) is 13.8 Å². The van der Waals surface area contributed by atoms with Gasteiger partial charge in [-0.3, -0.25) is 0 Å². The van der Waals surface area contributed by atoms with Crippen molar-refractivity contribution in [3.8, 4) is 6.07 Å². The van der Waals surface area contributed by atoms with Crippen LogP contribution in [0.2, 0.25) is 5.02 Å². The summed E-state index contributed by atoms with van der Waals surface area (Å²) < 4.78 is 12.9. The molecule has 3 heteroatoms. The highest BCUT2D eigenvalue weighted by Crippen LogP contribution is 2.21. The number of halogens is 2. The van der Waals surface area contributed by atoms with Crippen LogP contribution in [0.15, 0.2) is 18.2 Å². The molecule has 0 radical (unpaired) electrons. The SMILES string of the molecule is CC(C)C(C#N)Cc1ccc(F)c(Cl)c1. The van der Waals surface area contributed by atoms with Gasteiger partial charge in [0.25, 0.3) is 0 Å².